The summed E-state index contributed by atoms with van der Waals surface area (Å²) in [5.41, 5.74) is 0.782. The molecule has 0 atom stereocenters. The number of carbonyl (C=O) groups excluding carboxylic acids is 2. The van der Waals surface area contributed by atoms with Crippen molar-refractivity contribution in [2.45, 2.75) is 6.92 Å². The Bertz CT molecular complexity index is 1370. The van der Waals surface area contributed by atoms with E-state index in [2.05, 4.69) is 21.2 Å². The zero-order valence-electron chi connectivity index (χ0n) is 17.6. The molecule has 2 heterocycles. The fourth-order valence-corrected chi connectivity index (χ4v) is 4.15. The number of carbonyl (C=O) groups is 2. The maximum Gasteiger partial charge on any atom is 0.270 e. The molecule has 1 aliphatic heterocycles. The molecule has 0 bridgehead atoms. The molecule has 1 aromatic heterocycles. The Morgan fingerprint density at radius 1 is 1.21 bits per heavy atom. The van der Waals surface area contributed by atoms with Crippen LogP contribution in [0.3, 0.4) is 0 Å². The number of halogens is 1. The molecule has 1 fully saturated rings. The van der Waals surface area contributed by atoms with Crippen molar-refractivity contribution in [3.05, 3.63) is 80.5 Å². The zero-order valence-corrected chi connectivity index (χ0v) is 20.0. The number of anilines is 1. The number of amides is 2. The molecule has 1 saturated heterocycles. The summed E-state index contributed by atoms with van der Waals surface area (Å²) in [5.74, 6) is -0.0652. The first-order valence-corrected chi connectivity index (χ1v) is 11.2. The molecule has 4 rings (SSSR count). The van der Waals surface area contributed by atoms with Gasteiger partial charge in [-0.25, -0.2) is 0 Å². The normalized spacial score (nSPS) is 14.9. The standard InChI is InChI=1S/C23H16BrN3O6S/c1-2-32-15-5-3-4-13(10-15)26-22(29)18(21(28)25-23(26)34)12-16-7-9-20(33-16)17-8-6-14(27(30)31)11-19(17)24/h3-12H,2H2,1H3,(H,25,28,34)/b18-12-. The summed E-state index contributed by atoms with van der Waals surface area (Å²) < 4.78 is 11.7. The van der Waals surface area contributed by atoms with Gasteiger partial charge in [-0.05, 0) is 71.5 Å². The largest absolute Gasteiger partial charge is 0.494 e. The van der Waals surface area contributed by atoms with Crippen molar-refractivity contribution < 1.29 is 23.7 Å². The van der Waals surface area contributed by atoms with Gasteiger partial charge < -0.3 is 9.15 Å². The van der Waals surface area contributed by atoms with Gasteiger partial charge in [0.25, 0.3) is 17.5 Å². The highest BCUT2D eigenvalue weighted by atomic mass is 79.9. The number of nitro benzene ring substituents is 1. The molecule has 0 saturated carbocycles. The van der Waals surface area contributed by atoms with E-state index in [1.54, 1.807) is 42.5 Å². The molecule has 3 aromatic rings. The van der Waals surface area contributed by atoms with E-state index in [-0.39, 0.29) is 22.1 Å². The molecule has 0 unspecified atom stereocenters. The van der Waals surface area contributed by atoms with Crippen molar-refractivity contribution in [1.29, 1.82) is 0 Å². The van der Waals surface area contributed by atoms with Gasteiger partial charge in [0.05, 0.1) is 17.2 Å². The summed E-state index contributed by atoms with van der Waals surface area (Å²) in [6.07, 6.45) is 1.32. The minimum absolute atomic E-state index is 0.0456. The first kappa shape index (κ1) is 23.3. The number of ether oxygens (including phenoxy) is 1. The van der Waals surface area contributed by atoms with Gasteiger partial charge in [0.2, 0.25) is 0 Å². The van der Waals surface area contributed by atoms with Crippen LogP contribution in [0.4, 0.5) is 11.4 Å². The number of hydrogen-bond acceptors (Lipinski definition) is 7. The Kier molecular flexibility index (Phi) is 6.57. The van der Waals surface area contributed by atoms with Crippen molar-refractivity contribution in [2.75, 3.05) is 11.5 Å². The molecule has 11 heteroatoms. The van der Waals surface area contributed by atoms with Crippen LogP contribution in [0, 0.1) is 10.1 Å². The third-order valence-electron chi connectivity index (χ3n) is 4.83. The summed E-state index contributed by atoms with van der Waals surface area (Å²) in [6.45, 7) is 2.30. The molecular formula is C23H16BrN3O6S. The predicted molar refractivity (Wildman–Crippen MR) is 132 cm³/mol. The molecule has 2 aromatic carbocycles. The van der Waals surface area contributed by atoms with E-state index in [4.69, 9.17) is 21.4 Å². The fraction of sp³-hybridized carbons (Fsp3) is 0.0870. The number of nitro groups is 1. The van der Waals surface area contributed by atoms with Crippen LogP contribution in [-0.4, -0.2) is 28.5 Å². The van der Waals surface area contributed by atoms with Crippen LogP contribution in [0.1, 0.15) is 12.7 Å². The van der Waals surface area contributed by atoms with Crippen molar-refractivity contribution in [3.8, 4) is 17.1 Å². The molecule has 0 aliphatic carbocycles. The van der Waals surface area contributed by atoms with Crippen LogP contribution in [0.15, 0.2) is 69.1 Å². The zero-order chi connectivity index (χ0) is 24.4. The molecule has 9 nitrogen and oxygen atoms in total. The van der Waals surface area contributed by atoms with Gasteiger partial charge in [0, 0.05) is 28.2 Å². The SMILES string of the molecule is CCOc1cccc(N2C(=O)/C(=C\c3ccc(-c4ccc([N+](=O)[O-])cc4Br)o3)C(=O)NC2=S)c1. The molecule has 0 spiro atoms. The topological polar surface area (TPSA) is 115 Å². The van der Waals surface area contributed by atoms with Crippen molar-refractivity contribution in [2.24, 2.45) is 0 Å². The van der Waals surface area contributed by atoms with Gasteiger partial charge in [0.1, 0.15) is 22.8 Å². The minimum atomic E-state index is -0.651. The molecule has 34 heavy (non-hydrogen) atoms. The monoisotopic (exact) mass is 541 g/mol. The first-order chi connectivity index (χ1) is 16.3. The lowest BCUT2D eigenvalue weighted by Crippen LogP contribution is -2.54. The molecule has 172 valence electrons. The van der Waals surface area contributed by atoms with Crippen molar-refractivity contribution in [3.63, 3.8) is 0 Å². The van der Waals surface area contributed by atoms with Crippen LogP contribution in [-0.2, 0) is 9.59 Å². The summed E-state index contributed by atoms with van der Waals surface area (Å²) in [6, 6.07) is 14.3. The Morgan fingerprint density at radius 3 is 2.71 bits per heavy atom. The third-order valence-corrected chi connectivity index (χ3v) is 5.77. The fourth-order valence-electron chi connectivity index (χ4n) is 3.31. The third kappa shape index (κ3) is 4.61. The number of nitrogens with one attached hydrogen (secondary N) is 1. The average Bonchev–Trinajstić information content (AvgIpc) is 3.25. The number of furan rings is 1. The molecule has 1 aliphatic rings. The van der Waals surface area contributed by atoms with Crippen LogP contribution < -0.4 is 15.0 Å². The van der Waals surface area contributed by atoms with Crippen LogP contribution in [0.5, 0.6) is 5.75 Å². The second-order valence-corrected chi connectivity index (χ2v) is 8.25. The average molecular weight is 542 g/mol. The second-order valence-electron chi connectivity index (χ2n) is 7.01. The molecular weight excluding hydrogens is 526 g/mol. The lowest BCUT2D eigenvalue weighted by Gasteiger charge is -2.29. The smallest absolute Gasteiger partial charge is 0.270 e. The molecule has 0 radical (unpaired) electrons. The predicted octanol–water partition coefficient (Wildman–Crippen LogP) is 4.85. The Balaban J connectivity index is 1.65. The number of hydrogen-bond donors (Lipinski definition) is 1. The lowest BCUT2D eigenvalue weighted by atomic mass is 10.1. The van der Waals surface area contributed by atoms with Gasteiger partial charge in [0.15, 0.2) is 5.11 Å². The van der Waals surface area contributed by atoms with Crippen LogP contribution in [0.25, 0.3) is 17.4 Å². The van der Waals surface area contributed by atoms with Gasteiger partial charge in [-0.3, -0.25) is 29.9 Å². The summed E-state index contributed by atoms with van der Waals surface area (Å²) >= 11 is 8.54. The van der Waals surface area contributed by atoms with E-state index in [1.165, 1.54) is 23.1 Å². The highest BCUT2D eigenvalue weighted by Crippen LogP contribution is 2.33. The Hall–Kier alpha value is -3.83. The van der Waals surface area contributed by atoms with Crippen molar-refractivity contribution in [1.82, 2.24) is 5.32 Å². The van der Waals surface area contributed by atoms with E-state index in [1.807, 2.05) is 6.92 Å². The minimum Gasteiger partial charge on any atom is -0.494 e. The van der Waals surface area contributed by atoms with E-state index in [9.17, 15) is 19.7 Å². The number of nitrogens with zero attached hydrogens (tertiary/aromatic N) is 2. The maximum atomic E-state index is 13.2. The number of non-ortho nitro benzene ring substituents is 1. The number of thiocarbonyl (C=S) groups is 1. The lowest BCUT2D eigenvalue weighted by molar-refractivity contribution is -0.384. The van der Waals surface area contributed by atoms with E-state index in [0.29, 0.717) is 33.8 Å². The number of rotatable bonds is 6. The second kappa shape index (κ2) is 9.57. The van der Waals surface area contributed by atoms with E-state index >= 15 is 0 Å². The quantitative estimate of drug-likeness (QED) is 0.156. The summed E-state index contributed by atoms with van der Waals surface area (Å²) in [4.78, 5) is 37.4. The Labute approximate surface area is 207 Å². The first-order valence-electron chi connectivity index (χ1n) is 9.97. The van der Waals surface area contributed by atoms with E-state index < -0.39 is 16.7 Å². The van der Waals surface area contributed by atoms with Crippen molar-refractivity contribution >= 4 is 62.5 Å². The van der Waals surface area contributed by atoms with Gasteiger partial charge in [-0.1, -0.05) is 6.07 Å². The summed E-state index contributed by atoms with van der Waals surface area (Å²) in [7, 11) is 0. The highest BCUT2D eigenvalue weighted by Gasteiger charge is 2.35. The highest BCUT2D eigenvalue weighted by molar-refractivity contribution is 9.10. The maximum absolute atomic E-state index is 13.2. The van der Waals surface area contributed by atoms with Crippen LogP contribution in [0.2, 0.25) is 0 Å². The Morgan fingerprint density at radius 2 is 2.00 bits per heavy atom. The van der Waals surface area contributed by atoms with Crippen LogP contribution >= 0.6 is 28.1 Å². The summed E-state index contributed by atoms with van der Waals surface area (Å²) in [5, 5.41) is 13.4. The van der Waals surface area contributed by atoms with E-state index in [0.717, 1.165) is 0 Å². The van der Waals surface area contributed by atoms with Gasteiger partial charge in [-0.15, -0.1) is 0 Å². The van der Waals surface area contributed by atoms with Gasteiger partial charge >= 0.3 is 0 Å². The molecule has 1 N–H and O–H groups in total. The molecule has 2 amide bonds. The van der Waals surface area contributed by atoms with Gasteiger partial charge in [-0.2, -0.15) is 0 Å². The number of benzene rings is 2.